The van der Waals surface area contributed by atoms with Crippen LogP contribution in [0.3, 0.4) is 0 Å². The number of hydrogen-bond donors (Lipinski definition) is 0. The summed E-state index contributed by atoms with van der Waals surface area (Å²) in [6.45, 7) is 4.12. The molecule has 0 aliphatic heterocycles. The number of rotatable bonds is 5. The van der Waals surface area contributed by atoms with Gasteiger partial charge in [0.2, 0.25) is 0 Å². The fraction of sp³-hybridized carbons (Fsp3) is 0.200. The molecule has 1 unspecified atom stereocenters. The van der Waals surface area contributed by atoms with Crippen molar-refractivity contribution >= 4 is 11.8 Å². The van der Waals surface area contributed by atoms with Gasteiger partial charge < -0.3 is 9.15 Å². The Morgan fingerprint density at radius 2 is 1.65 bits per heavy atom. The Morgan fingerprint density at radius 3 is 2.26 bits per heavy atom. The molecule has 0 saturated carbocycles. The first-order valence-corrected chi connectivity index (χ1v) is 8.48. The Kier molecular flexibility index (Phi) is 4.77. The lowest BCUT2D eigenvalue weighted by molar-refractivity contribution is 0.414. The minimum atomic E-state index is 0.121. The van der Waals surface area contributed by atoms with Crippen LogP contribution in [-0.4, -0.2) is 7.11 Å². The molecule has 0 radical (unpaired) electrons. The van der Waals surface area contributed by atoms with Crippen LogP contribution < -0.4 is 4.74 Å². The lowest BCUT2D eigenvalue weighted by atomic mass is 10.1. The maximum absolute atomic E-state index is 5.92. The van der Waals surface area contributed by atoms with Crippen LogP contribution >= 0.6 is 11.8 Å². The highest BCUT2D eigenvalue weighted by Crippen LogP contribution is 2.42. The van der Waals surface area contributed by atoms with Crippen LogP contribution in [0.15, 0.2) is 70.0 Å². The zero-order valence-electron chi connectivity index (χ0n) is 13.6. The normalized spacial score (nSPS) is 12.1. The fourth-order valence-electron chi connectivity index (χ4n) is 2.48. The fourth-order valence-corrected chi connectivity index (χ4v) is 3.68. The van der Waals surface area contributed by atoms with E-state index in [0.717, 1.165) is 17.3 Å². The average molecular weight is 324 g/mol. The van der Waals surface area contributed by atoms with Crippen LogP contribution in [0.25, 0.3) is 0 Å². The Bertz CT molecular complexity index is 774. The molecule has 3 heteroatoms. The lowest BCUT2D eigenvalue weighted by Gasteiger charge is -2.16. The van der Waals surface area contributed by atoms with Gasteiger partial charge in [-0.15, -0.1) is 11.8 Å². The molecule has 3 aromatic rings. The molecule has 118 valence electrons. The highest BCUT2D eigenvalue weighted by molar-refractivity contribution is 7.99. The molecule has 3 rings (SSSR count). The van der Waals surface area contributed by atoms with Crippen LogP contribution in [-0.2, 0) is 0 Å². The first-order chi connectivity index (χ1) is 11.2. The number of thioether (sulfide) groups is 1. The van der Waals surface area contributed by atoms with Crippen molar-refractivity contribution in [3.8, 4) is 5.75 Å². The molecule has 0 fully saturated rings. The molecule has 1 atom stereocenters. The molecule has 0 spiro atoms. The van der Waals surface area contributed by atoms with Gasteiger partial charge >= 0.3 is 0 Å². The van der Waals surface area contributed by atoms with E-state index in [2.05, 4.69) is 49.4 Å². The largest absolute Gasteiger partial charge is 0.497 e. The summed E-state index contributed by atoms with van der Waals surface area (Å²) in [5.41, 5.74) is 2.48. The van der Waals surface area contributed by atoms with Gasteiger partial charge in [-0.1, -0.05) is 30.3 Å². The number of methoxy groups -OCH3 is 1. The molecule has 0 amide bonds. The second kappa shape index (κ2) is 6.97. The summed E-state index contributed by atoms with van der Waals surface area (Å²) in [4.78, 5) is 1.27. The molecular formula is C20H20O2S. The second-order valence-electron chi connectivity index (χ2n) is 5.48. The summed E-state index contributed by atoms with van der Waals surface area (Å²) < 4.78 is 11.2. The number of aryl methyl sites for hydroxylation is 2. The number of ether oxygens (including phenoxy) is 1. The van der Waals surface area contributed by atoms with Crippen molar-refractivity contribution in [1.82, 2.24) is 0 Å². The van der Waals surface area contributed by atoms with Gasteiger partial charge in [-0.05, 0) is 55.3 Å². The quantitative estimate of drug-likeness (QED) is 0.555. The molecule has 2 nitrogen and oxygen atoms in total. The van der Waals surface area contributed by atoms with E-state index in [-0.39, 0.29) is 5.25 Å². The zero-order chi connectivity index (χ0) is 16.2. The molecule has 0 aliphatic carbocycles. The van der Waals surface area contributed by atoms with E-state index in [9.17, 15) is 0 Å². The van der Waals surface area contributed by atoms with E-state index in [4.69, 9.17) is 9.15 Å². The third kappa shape index (κ3) is 3.62. The molecule has 1 aromatic heterocycles. The highest BCUT2D eigenvalue weighted by Gasteiger charge is 2.20. The van der Waals surface area contributed by atoms with Crippen molar-refractivity contribution in [3.63, 3.8) is 0 Å². The van der Waals surface area contributed by atoms with Gasteiger partial charge in [-0.3, -0.25) is 0 Å². The molecular weight excluding hydrogens is 304 g/mol. The minimum Gasteiger partial charge on any atom is -0.497 e. The van der Waals surface area contributed by atoms with E-state index >= 15 is 0 Å². The molecule has 0 bridgehead atoms. The summed E-state index contributed by atoms with van der Waals surface area (Å²) in [6, 6.07) is 20.7. The number of hydrogen-bond acceptors (Lipinski definition) is 3. The van der Waals surface area contributed by atoms with Crippen LogP contribution in [0.5, 0.6) is 5.75 Å². The monoisotopic (exact) mass is 324 g/mol. The van der Waals surface area contributed by atoms with Crippen LogP contribution in [0, 0.1) is 13.8 Å². The average Bonchev–Trinajstić information content (AvgIpc) is 3.00. The van der Waals surface area contributed by atoms with Crippen molar-refractivity contribution in [2.45, 2.75) is 24.0 Å². The summed E-state index contributed by atoms with van der Waals surface area (Å²) in [7, 11) is 1.68. The van der Waals surface area contributed by atoms with Crippen molar-refractivity contribution in [3.05, 3.63) is 83.3 Å². The van der Waals surface area contributed by atoms with Crippen LogP contribution in [0.4, 0.5) is 0 Å². The summed E-state index contributed by atoms with van der Waals surface area (Å²) in [6.07, 6.45) is 0. The summed E-state index contributed by atoms with van der Waals surface area (Å²) in [5, 5.41) is 0.121. The van der Waals surface area contributed by atoms with Gasteiger partial charge in [0, 0.05) is 4.90 Å². The van der Waals surface area contributed by atoms with E-state index in [1.54, 1.807) is 7.11 Å². The molecule has 2 aromatic carbocycles. The molecule has 0 aliphatic rings. The SMILES string of the molecule is COc1ccc(C(Sc2ccccc2C)c2ccc(C)o2)cc1. The van der Waals surface area contributed by atoms with Gasteiger partial charge in [0.15, 0.2) is 0 Å². The predicted molar refractivity (Wildman–Crippen MR) is 95.3 cm³/mol. The lowest BCUT2D eigenvalue weighted by Crippen LogP contribution is -1.96. The Labute approximate surface area is 141 Å². The second-order valence-corrected chi connectivity index (χ2v) is 6.63. The number of benzene rings is 2. The molecule has 23 heavy (non-hydrogen) atoms. The maximum atomic E-state index is 5.92. The van der Waals surface area contributed by atoms with Crippen molar-refractivity contribution in [2.75, 3.05) is 7.11 Å². The van der Waals surface area contributed by atoms with Gasteiger partial charge in [0.1, 0.15) is 17.3 Å². The Morgan fingerprint density at radius 1 is 0.913 bits per heavy atom. The van der Waals surface area contributed by atoms with Gasteiger partial charge in [0.05, 0.1) is 12.4 Å². The Balaban J connectivity index is 1.98. The minimum absolute atomic E-state index is 0.121. The van der Waals surface area contributed by atoms with Crippen LogP contribution in [0.1, 0.15) is 27.9 Å². The third-order valence-corrected chi connectivity index (χ3v) is 5.23. The van der Waals surface area contributed by atoms with E-state index in [1.165, 1.54) is 16.0 Å². The standard InChI is InChI=1S/C20H20O2S/c1-14-6-4-5-7-19(14)23-20(18-13-8-15(2)22-18)16-9-11-17(21-3)12-10-16/h4-13,20H,1-3H3. The van der Waals surface area contributed by atoms with Crippen molar-refractivity contribution < 1.29 is 9.15 Å². The van der Waals surface area contributed by atoms with Crippen LogP contribution in [0.2, 0.25) is 0 Å². The molecule has 0 N–H and O–H groups in total. The molecule has 0 saturated heterocycles. The molecule has 1 heterocycles. The summed E-state index contributed by atoms with van der Waals surface area (Å²) in [5.74, 6) is 2.77. The first kappa shape index (κ1) is 15.8. The zero-order valence-corrected chi connectivity index (χ0v) is 14.4. The van der Waals surface area contributed by atoms with E-state index in [1.807, 2.05) is 36.9 Å². The van der Waals surface area contributed by atoms with E-state index < -0.39 is 0 Å². The highest BCUT2D eigenvalue weighted by atomic mass is 32.2. The van der Waals surface area contributed by atoms with Gasteiger partial charge in [-0.25, -0.2) is 0 Å². The predicted octanol–water partition coefficient (Wildman–Crippen LogP) is 5.79. The smallest absolute Gasteiger partial charge is 0.121 e. The first-order valence-electron chi connectivity index (χ1n) is 7.60. The van der Waals surface area contributed by atoms with Crippen molar-refractivity contribution in [1.29, 1.82) is 0 Å². The third-order valence-electron chi connectivity index (χ3n) is 3.78. The summed E-state index contributed by atoms with van der Waals surface area (Å²) >= 11 is 1.81. The van der Waals surface area contributed by atoms with E-state index in [0.29, 0.717) is 0 Å². The maximum Gasteiger partial charge on any atom is 0.121 e. The Hall–Kier alpha value is -2.13. The topological polar surface area (TPSA) is 22.4 Å². The van der Waals surface area contributed by atoms with Crippen molar-refractivity contribution in [2.24, 2.45) is 0 Å². The van der Waals surface area contributed by atoms with Gasteiger partial charge in [-0.2, -0.15) is 0 Å². The van der Waals surface area contributed by atoms with Gasteiger partial charge in [0.25, 0.3) is 0 Å². The number of furan rings is 1.